The lowest BCUT2D eigenvalue weighted by atomic mass is 10.1. The summed E-state index contributed by atoms with van der Waals surface area (Å²) in [5.41, 5.74) is 1.94. The van der Waals surface area contributed by atoms with Gasteiger partial charge in [-0.05, 0) is 69.5 Å². The van der Waals surface area contributed by atoms with Gasteiger partial charge in [-0.1, -0.05) is 18.2 Å². The number of hydrogen-bond acceptors (Lipinski definition) is 6. The Bertz CT molecular complexity index is 1290. The van der Waals surface area contributed by atoms with Gasteiger partial charge in [0, 0.05) is 12.1 Å². The number of methoxy groups -OCH3 is 1. The molecule has 3 aromatic rings. The van der Waals surface area contributed by atoms with Crippen molar-refractivity contribution in [1.82, 2.24) is 5.32 Å². The van der Waals surface area contributed by atoms with Crippen molar-refractivity contribution in [2.24, 2.45) is 0 Å². The number of nitrogens with zero attached hydrogens (tertiary/aromatic N) is 2. The number of nitro groups is 1. The van der Waals surface area contributed by atoms with Gasteiger partial charge in [-0.15, -0.1) is 0 Å². The van der Waals surface area contributed by atoms with Crippen molar-refractivity contribution in [2.75, 3.05) is 12.0 Å². The van der Waals surface area contributed by atoms with Crippen LogP contribution < -0.4 is 19.7 Å². The normalized spacial score (nSPS) is 14.3. The standard InChI is InChI=1S/C24H18BrN3O6/c1-33-21-13-16(12-20-23(29)27(24(30)26-20)17-5-3-2-4-6-17)11-19(25)22(21)34-14-15-7-9-18(10-8-15)28(31)32/h2-13H,14H2,1H3,(H,26,30)/b20-12+. The fraction of sp³-hybridized carbons (Fsp3) is 0.0833. The van der Waals surface area contributed by atoms with Crippen molar-refractivity contribution in [1.29, 1.82) is 0 Å². The monoisotopic (exact) mass is 523 g/mol. The highest BCUT2D eigenvalue weighted by molar-refractivity contribution is 9.10. The number of ether oxygens (including phenoxy) is 2. The Morgan fingerprint density at radius 1 is 1.09 bits per heavy atom. The average Bonchev–Trinajstić information content (AvgIpc) is 3.11. The van der Waals surface area contributed by atoms with Crippen LogP contribution in [0.25, 0.3) is 6.08 Å². The Morgan fingerprint density at radius 3 is 2.44 bits per heavy atom. The third kappa shape index (κ3) is 4.76. The van der Waals surface area contributed by atoms with Gasteiger partial charge in [0.1, 0.15) is 12.3 Å². The first-order chi connectivity index (χ1) is 16.4. The largest absolute Gasteiger partial charge is 0.493 e. The van der Waals surface area contributed by atoms with Crippen LogP contribution in [0.1, 0.15) is 11.1 Å². The highest BCUT2D eigenvalue weighted by Crippen LogP contribution is 2.38. The predicted octanol–water partition coefficient (Wildman–Crippen LogP) is 5.04. The Labute approximate surface area is 202 Å². The van der Waals surface area contributed by atoms with Crippen molar-refractivity contribution in [3.63, 3.8) is 0 Å². The number of carbonyl (C=O) groups excluding carboxylic acids is 2. The molecule has 10 heteroatoms. The minimum absolute atomic E-state index is 0.000665. The van der Waals surface area contributed by atoms with Crippen molar-refractivity contribution < 1.29 is 24.0 Å². The molecule has 0 aromatic heterocycles. The zero-order chi connectivity index (χ0) is 24.2. The Hall–Kier alpha value is -4.18. The lowest BCUT2D eigenvalue weighted by Crippen LogP contribution is -2.30. The maximum Gasteiger partial charge on any atom is 0.333 e. The molecule has 1 aliphatic rings. The minimum Gasteiger partial charge on any atom is -0.493 e. The second-order valence-corrected chi connectivity index (χ2v) is 8.06. The van der Waals surface area contributed by atoms with E-state index >= 15 is 0 Å². The summed E-state index contributed by atoms with van der Waals surface area (Å²) >= 11 is 3.46. The predicted molar refractivity (Wildman–Crippen MR) is 129 cm³/mol. The molecule has 1 aliphatic heterocycles. The SMILES string of the molecule is COc1cc(/C=C2/NC(=O)N(c3ccccc3)C2=O)cc(Br)c1OCc1ccc([N+](=O)[O-])cc1. The van der Waals surface area contributed by atoms with E-state index in [1.165, 1.54) is 19.2 Å². The first-order valence-corrected chi connectivity index (χ1v) is 10.8. The van der Waals surface area contributed by atoms with Gasteiger partial charge in [0.15, 0.2) is 11.5 Å². The van der Waals surface area contributed by atoms with E-state index in [9.17, 15) is 19.7 Å². The Morgan fingerprint density at radius 2 is 1.79 bits per heavy atom. The molecule has 34 heavy (non-hydrogen) atoms. The van der Waals surface area contributed by atoms with E-state index in [1.54, 1.807) is 60.7 Å². The van der Waals surface area contributed by atoms with Gasteiger partial charge in [0.05, 0.1) is 22.2 Å². The molecule has 3 amide bonds. The fourth-order valence-corrected chi connectivity index (χ4v) is 3.92. The van der Waals surface area contributed by atoms with E-state index in [4.69, 9.17) is 9.47 Å². The van der Waals surface area contributed by atoms with Crippen LogP contribution in [-0.4, -0.2) is 24.0 Å². The van der Waals surface area contributed by atoms with E-state index < -0.39 is 16.9 Å². The van der Waals surface area contributed by atoms with Gasteiger partial charge in [-0.2, -0.15) is 0 Å². The van der Waals surface area contributed by atoms with Gasteiger partial charge < -0.3 is 14.8 Å². The maximum absolute atomic E-state index is 12.8. The zero-order valence-electron chi connectivity index (χ0n) is 17.9. The number of carbonyl (C=O) groups is 2. The van der Waals surface area contributed by atoms with E-state index in [1.807, 2.05) is 0 Å². The van der Waals surface area contributed by atoms with E-state index in [2.05, 4.69) is 21.2 Å². The quantitative estimate of drug-likeness (QED) is 0.201. The van der Waals surface area contributed by atoms with Gasteiger partial charge in [-0.25, -0.2) is 9.69 Å². The maximum atomic E-state index is 12.8. The summed E-state index contributed by atoms with van der Waals surface area (Å²) in [5.74, 6) is 0.361. The van der Waals surface area contributed by atoms with Crippen molar-refractivity contribution >= 4 is 45.3 Å². The Kier molecular flexibility index (Phi) is 6.60. The molecule has 0 bridgehead atoms. The highest BCUT2D eigenvalue weighted by atomic mass is 79.9. The summed E-state index contributed by atoms with van der Waals surface area (Å²) < 4.78 is 11.9. The molecule has 1 fully saturated rings. The minimum atomic E-state index is -0.531. The number of non-ortho nitro benzene ring substituents is 1. The van der Waals surface area contributed by atoms with Gasteiger partial charge >= 0.3 is 6.03 Å². The average molecular weight is 524 g/mol. The van der Waals surface area contributed by atoms with Crippen LogP contribution in [0.4, 0.5) is 16.2 Å². The summed E-state index contributed by atoms with van der Waals surface area (Å²) in [4.78, 5) is 36.6. The fourth-order valence-electron chi connectivity index (χ4n) is 3.35. The van der Waals surface area contributed by atoms with E-state index in [0.717, 1.165) is 10.5 Å². The molecule has 1 saturated heterocycles. The molecule has 0 aliphatic carbocycles. The van der Waals surface area contributed by atoms with Crippen LogP contribution in [0.2, 0.25) is 0 Å². The number of rotatable bonds is 7. The van der Waals surface area contributed by atoms with Crippen LogP contribution in [0.15, 0.2) is 76.9 Å². The number of imide groups is 1. The zero-order valence-corrected chi connectivity index (χ0v) is 19.4. The number of para-hydroxylation sites is 1. The van der Waals surface area contributed by atoms with Crippen LogP contribution in [0.5, 0.6) is 11.5 Å². The lowest BCUT2D eigenvalue weighted by Gasteiger charge is -2.14. The van der Waals surface area contributed by atoms with Crippen LogP contribution in [-0.2, 0) is 11.4 Å². The van der Waals surface area contributed by atoms with E-state index in [0.29, 0.717) is 27.2 Å². The molecule has 1 heterocycles. The number of urea groups is 1. The molecule has 1 N–H and O–H groups in total. The van der Waals surface area contributed by atoms with Crippen molar-refractivity contribution in [2.45, 2.75) is 6.61 Å². The highest BCUT2D eigenvalue weighted by Gasteiger charge is 2.34. The summed E-state index contributed by atoms with van der Waals surface area (Å²) in [7, 11) is 1.48. The molecule has 4 rings (SSSR count). The van der Waals surface area contributed by atoms with Crippen LogP contribution in [0.3, 0.4) is 0 Å². The molecule has 0 unspecified atom stereocenters. The topological polar surface area (TPSA) is 111 Å². The number of amides is 3. The molecule has 3 aromatic carbocycles. The molecular weight excluding hydrogens is 506 g/mol. The molecule has 172 valence electrons. The van der Waals surface area contributed by atoms with Gasteiger partial charge in [0.2, 0.25) is 0 Å². The smallest absolute Gasteiger partial charge is 0.333 e. The number of anilines is 1. The van der Waals surface area contributed by atoms with Gasteiger partial charge in [0.25, 0.3) is 11.6 Å². The third-order valence-electron chi connectivity index (χ3n) is 4.99. The van der Waals surface area contributed by atoms with Crippen molar-refractivity contribution in [3.8, 4) is 11.5 Å². The summed E-state index contributed by atoms with van der Waals surface area (Å²) in [6, 6.07) is 17.6. The van der Waals surface area contributed by atoms with Crippen LogP contribution >= 0.6 is 15.9 Å². The molecule has 0 saturated carbocycles. The summed E-state index contributed by atoms with van der Waals surface area (Å²) in [6.45, 7) is 0.161. The first-order valence-electron chi connectivity index (χ1n) is 10.0. The molecular formula is C24H18BrN3O6. The summed E-state index contributed by atoms with van der Waals surface area (Å²) in [5, 5.41) is 13.4. The van der Waals surface area contributed by atoms with E-state index in [-0.39, 0.29) is 18.0 Å². The lowest BCUT2D eigenvalue weighted by molar-refractivity contribution is -0.384. The number of benzene rings is 3. The van der Waals surface area contributed by atoms with Crippen molar-refractivity contribution in [3.05, 3.63) is 98.1 Å². The Balaban J connectivity index is 1.55. The first kappa shape index (κ1) is 23.0. The second-order valence-electron chi connectivity index (χ2n) is 7.21. The van der Waals surface area contributed by atoms with Crippen LogP contribution in [0, 0.1) is 10.1 Å². The number of hydrogen-bond donors (Lipinski definition) is 1. The molecule has 0 radical (unpaired) electrons. The summed E-state index contributed by atoms with van der Waals surface area (Å²) in [6.07, 6.45) is 1.55. The molecule has 0 atom stereocenters. The second kappa shape index (κ2) is 9.75. The number of nitro benzene ring substituents is 1. The third-order valence-corrected chi connectivity index (χ3v) is 5.57. The number of halogens is 1. The molecule has 9 nitrogen and oxygen atoms in total. The molecule has 0 spiro atoms. The number of nitrogens with one attached hydrogen (secondary N) is 1. The van der Waals surface area contributed by atoms with Gasteiger partial charge in [-0.3, -0.25) is 14.9 Å².